The Morgan fingerprint density at radius 2 is 2.17 bits per heavy atom. The van der Waals surface area contributed by atoms with Crippen molar-refractivity contribution in [3.05, 3.63) is 30.0 Å². The largest absolute Gasteiger partial charge is 0.491 e. The van der Waals surface area contributed by atoms with Gasteiger partial charge in [-0.15, -0.1) is 0 Å². The molecule has 1 aromatic heterocycles. The highest BCUT2D eigenvalue weighted by molar-refractivity contribution is 5.88. The van der Waals surface area contributed by atoms with E-state index in [0.717, 1.165) is 10.5 Å². The second-order valence-corrected chi connectivity index (χ2v) is 7.30. The average molecular weight is 406 g/mol. The van der Waals surface area contributed by atoms with Crippen LogP contribution in [-0.2, 0) is 22.5 Å². The number of nitrogens with zero attached hydrogens (tertiary/aromatic N) is 3. The quantitative estimate of drug-likeness (QED) is 0.839. The highest BCUT2D eigenvalue weighted by Crippen LogP contribution is 2.36. The monoisotopic (exact) mass is 406 g/mol. The number of anilines is 1. The minimum Gasteiger partial charge on any atom is -0.491 e. The molecule has 2 N–H and O–H groups in total. The molecule has 1 fully saturated rings. The number of primary amides is 1. The van der Waals surface area contributed by atoms with E-state index in [9.17, 15) is 18.4 Å². The van der Waals surface area contributed by atoms with Crippen LogP contribution in [-0.4, -0.2) is 47.2 Å². The van der Waals surface area contributed by atoms with Crippen molar-refractivity contribution in [3.63, 3.8) is 0 Å². The summed E-state index contributed by atoms with van der Waals surface area (Å²) in [6, 6.07) is 5.46. The molecule has 0 aliphatic carbocycles. The van der Waals surface area contributed by atoms with E-state index in [4.69, 9.17) is 10.5 Å². The van der Waals surface area contributed by atoms with Gasteiger partial charge < -0.3 is 19.8 Å². The third kappa shape index (κ3) is 3.74. The van der Waals surface area contributed by atoms with E-state index in [1.165, 1.54) is 0 Å². The molecule has 1 aromatic carbocycles. The Morgan fingerprint density at radius 1 is 1.38 bits per heavy atom. The third-order valence-electron chi connectivity index (χ3n) is 4.96. The fourth-order valence-corrected chi connectivity index (χ4v) is 3.38. The number of halogens is 2. The number of cyclic esters (lactones) is 1. The molecule has 2 aliphatic rings. The molecule has 0 radical (unpaired) electrons. The van der Waals surface area contributed by atoms with Gasteiger partial charge in [0.25, 0.3) is 5.92 Å². The maximum Gasteiger partial charge on any atom is 0.415 e. The van der Waals surface area contributed by atoms with Gasteiger partial charge in [0.2, 0.25) is 5.91 Å². The van der Waals surface area contributed by atoms with Crippen molar-refractivity contribution in [1.82, 2.24) is 9.55 Å². The SMILES string of the molecule is C[C@H](Cc1ccc2c(c1)OCCn1cc(N3CC(F)(F)COC3=O)nc1-2)C(N)=O. The van der Waals surface area contributed by atoms with Gasteiger partial charge in [0.1, 0.15) is 18.2 Å². The maximum atomic E-state index is 13.7. The van der Waals surface area contributed by atoms with Crippen molar-refractivity contribution in [2.24, 2.45) is 11.7 Å². The number of imidazole rings is 1. The first-order valence-corrected chi connectivity index (χ1v) is 9.18. The van der Waals surface area contributed by atoms with Crippen LogP contribution in [0.1, 0.15) is 12.5 Å². The standard InChI is InChI=1S/C19H20F2N4O4/c1-11(16(22)26)6-12-2-3-13-14(7-12)28-5-4-24-8-15(23-17(13)24)25-9-19(20,21)10-29-18(25)27/h2-3,7-8,11H,4-6,9-10H2,1H3,(H2,22,26)/t11-/m1/s1. The van der Waals surface area contributed by atoms with E-state index in [-0.39, 0.29) is 17.6 Å². The van der Waals surface area contributed by atoms with Crippen LogP contribution < -0.4 is 15.4 Å². The number of fused-ring (bicyclic) bond motifs is 3. The summed E-state index contributed by atoms with van der Waals surface area (Å²) >= 11 is 0. The fourth-order valence-electron chi connectivity index (χ4n) is 3.38. The first-order valence-electron chi connectivity index (χ1n) is 9.18. The molecule has 29 heavy (non-hydrogen) atoms. The predicted molar refractivity (Wildman–Crippen MR) is 98.9 cm³/mol. The molecule has 1 atom stereocenters. The summed E-state index contributed by atoms with van der Waals surface area (Å²) in [5.74, 6) is -2.67. The van der Waals surface area contributed by atoms with Crippen LogP contribution in [0.15, 0.2) is 24.4 Å². The molecule has 3 heterocycles. The van der Waals surface area contributed by atoms with Crippen molar-refractivity contribution in [2.45, 2.75) is 25.8 Å². The van der Waals surface area contributed by atoms with Crippen LogP contribution in [0.4, 0.5) is 19.4 Å². The number of alkyl halides is 2. The van der Waals surface area contributed by atoms with E-state index in [1.54, 1.807) is 23.8 Å². The van der Waals surface area contributed by atoms with Crippen molar-refractivity contribution in [3.8, 4) is 17.1 Å². The molecule has 0 spiro atoms. The lowest BCUT2D eigenvalue weighted by molar-refractivity contribution is -0.121. The first-order chi connectivity index (χ1) is 13.7. The molecule has 8 nitrogen and oxygen atoms in total. The number of carbonyl (C=O) groups excluding carboxylic acids is 2. The van der Waals surface area contributed by atoms with Gasteiger partial charge in [0, 0.05) is 12.1 Å². The highest BCUT2D eigenvalue weighted by atomic mass is 19.3. The topological polar surface area (TPSA) is 99.7 Å². The zero-order valence-corrected chi connectivity index (χ0v) is 15.7. The summed E-state index contributed by atoms with van der Waals surface area (Å²) in [4.78, 5) is 28.5. The molecule has 0 saturated carbocycles. The Hall–Kier alpha value is -3.17. The summed E-state index contributed by atoms with van der Waals surface area (Å²) in [6.45, 7) is 0.810. The van der Waals surface area contributed by atoms with Crippen molar-refractivity contribution in [2.75, 3.05) is 24.7 Å². The molecular formula is C19H20F2N4O4. The number of amides is 2. The second kappa shape index (κ2) is 7.02. The molecule has 2 amide bonds. The fraction of sp³-hybridized carbons (Fsp3) is 0.421. The lowest BCUT2D eigenvalue weighted by Crippen LogP contribution is -2.50. The minimum atomic E-state index is -3.14. The van der Waals surface area contributed by atoms with Crippen LogP contribution >= 0.6 is 0 Å². The number of rotatable bonds is 4. The van der Waals surface area contributed by atoms with E-state index in [1.807, 2.05) is 12.1 Å². The van der Waals surface area contributed by atoms with Gasteiger partial charge in [0.05, 0.1) is 18.7 Å². The zero-order chi connectivity index (χ0) is 20.8. The van der Waals surface area contributed by atoms with Crippen LogP contribution in [0.5, 0.6) is 5.75 Å². The predicted octanol–water partition coefficient (Wildman–Crippen LogP) is 2.20. The lowest BCUT2D eigenvalue weighted by Gasteiger charge is -2.30. The van der Waals surface area contributed by atoms with E-state index < -0.39 is 25.2 Å². The molecule has 0 unspecified atom stereocenters. The molecule has 4 rings (SSSR count). The van der Waals surface area contributed by atoms with Crippen molar-refractivity contribution >= 4 is 17.8 Å². The molecule has 1 saturated heterocycles. The number of hydrogen-bond acceptors (Lipinski definition) is 5. The Balaban J connectivity index is 1.67. The molecule has 10 heteroatoms. The van der Waals surface area contributed by atoms with Crippen LogP contribution in [0.3, 0.4) is 0 Å². The Bertz CT molecular complexity index is 975. The lowest BCUT2D eigenvalue weighted by atomic mass is 9.99. The van der Waals surface area contributed by atoms with E-state index >= 15 is 0 Å². The van der Waals surface area contributed by atoms with Gasteiger partial charge in [-0.2, -0.15) is 0 Å². The van der Waals surface area contributed by atoms with Crippen molar-refractivity contribution < 1.29 is 27.8 Å². The number of benzene rings is 1. The molecule has 0 bridgehead atoms. The van der Waals surface area contributed by atoms with Crippen LogP contribution in [0, 0.1) is 5.92 Å². The molecular weight excluding hydrogens is 386 g/mol. The molecule has 2 aromatic rings. The normalized spacial score (nSPS) is 18.7. The number of carbonyl (C=O) groups is 2. The van der Waals surface area contributed by atoms with Gasteiger partial charge in [0.15, 0.2) is 12.4 Å². The Kier molecular flexibility index (Phi) is 4.64. The van der Waals surface area contributed by atoms with Crippen LogP contribution in [0.2, 0.25) is 0 Å². The minimum absolute atomic E-state index is 0.101. The summed E-state index contributed by atoms with van der Waals surface area (Å²) < 4.78 is 39.5. The summed E-state index contributed by atoms with van der Waals surface area (Å²) in [6.07, 6.45) is 1.16. The number of aromatic nitrogens is 2. The number of ether oxygens (including phenoxy) is 2. The summed E-state index contributed by atoms with van der Waals surface area (Å²) in [5, 5.41) is 0. The molecule has 154 valence electrons. The summed E-state index contributed by atoms with van der Waals surface area (Å²) in [5.41, 5.74) is 6.89. The van der Waals surface area contributed by atoms with Crippen molar-refractivity contribution in [1.29, 1.82) is 0 Å². The van der Waals surface area contributed by atoms with E-state index in [2.05, 4.69) is 9.72 Å². The highest BCUT2D eigenvalue weighted by Gasteiger charge is 2.42. The second-order valence-electron chi connectivity index (χ2n) is 7.30. The third-order valence-corrected chi connectivity index (χ3v) is 4.96. The molecule has 2 aliphatic heterocycles. The smallest absolute Gasteiger partial charge is 0.415 e. The average Bonchev–Trinajstić information content (AvgIpc) is 3.00. The zero-order valence-electron chi connectivity index (χ0n) is 15.7. The van der Waals surface area contributed by atoms with E-state index in [0.29, 0.717) is 36.7 Å². The first kappa shape index (κ1) is 19.2. The number of nitrogens with two attached hydrogens (primary N) is 1. The van der Waals surface area contributed by atoms with Gasteiger partial charge in [-0.05, 0) is 24.1 Å². The maximum absolute atomic E-state index is 13.7. The Morgan fingerprint density at radius 3 is 2.93 bits per heavy atom. The number of hydrogen-bond donors (Lipinski definition) is 1. The summed E-state index contributed by atoms with van der Waals surface area (Å²) in [7, 11) is 0. The van der Waals surface area contributed by atoms with Gasteiger partial charge in [-0.1, -0.05) is 13.0 Å². The van der Waals surface area contributed by atoms with Gasteiger partial charge in [-0.3, -0.25) is 9.69 Å². The Labute approximate surface area is 165 Å². The van der Waals surface area contributed by atoms with Crippen LogP contribution in [0.25, 0.3) is 11.4 Å². The van der Waals surface area contributed by atoms with Gasteiger partial charge >= 0.3 is 6.09 Å². The van der Waals surface area contributed by atoms with Gasteiger partial charge in [-0.25, -0.2) is 18.6 Å².